The summed E-state index contributed by atoms with van der Waals surface area (Å²) < 4.78 is 7.38. The summed E-state index contributed by atoms with van der Waals surface area (Å²) in [5.74, 6) is 0.617. The lowest BCUT2D eigenvalue weighted by atomic mass is 10.00. The summed E-state index contributed by atoms with van der Waals surface area (Å²) >= 11 is 11.7. The second-order valence-electron chi connectivity index (χ2n) is 4.49. The van der Waals surface area contributed by atoms with Crippen molar-refractivity contribution in [1.82, 2.24) is 0 Å². The summed E-state index contributed by atoms with van der Waals surface area (Å²) in [6.07, 6.45) is 0.797. The van der Waals surface area contributed by atoms with Gasteiger partial charge >= 0.3 is 0 Å². The number of rotatable bonds is 2. The van der Waals surface area contributed by atoms with Crippen LogP contribution >= 0.6 is 50.1 Å². The number of hydrogen-bond donors (Lipinski definition) is 0. The molecule has 1 aliphatic rings. The highest BCUT2D eigenvalue weighted by atomic mass is 127. The molecule has 2 aromatic carbocycles. The number of ether oxygens (including phenoxy) is 1. The molecule has 0 saturated carbocycles. The lowest BCUT2D eigenvalue weighted by Crippen LogP contribution is -2.06. The fourth-order valence-electron chi connectivity index (χ4n) is 2.25. The van der Waals surface area contributed by atoms with Gasteiger partial charge in [0.1, 0.15) is 5.75 Å². The van der Waals surface area contributed by atoms with Crippen LogP contribution in [0.1, 0.15) is 21.5 Å². The van der Waals surface area contributed by atoms with E-state index in [1.165, 1.54) is 0 Å². The minimum absolute atomic E-state index is 0.0589. The van der Waals surface area contributed by atoms with E-state index in [1.54, 1.807) is 6.07 Å². The first-order valence-electron chi connectivity index (χ1n) is 6.01. The van der Waals surface area contributed by atoms with Crippen LogP contribution in [-0.4, -0.2) is 12.4 Å². The van der Waals surface area contributed by atoms with Gasteiger partial charge in [0.25, 0.3) is 0 Å². The van der Waals surface area contributed by atoms with Gasteiger partial charge in [0.2, 0.25) is 0 Å². The smallest absolute Gasteiger partial charge is 0.197 e. The van der Waals surface area contributed by atoms with Gasteiger partial charge in [0, 0.05) is 25.0 Å². The fraction of sp³-hybridized carbons (Fsp3) is 0.133. The highest BCUT2D eigenvalue weighted by Gasteiger charge is 2.24. The van der Waals surface area contributed by atoms with Gasteiger partial charge in [-0.2, -0.15) is 0 Å². The van der Waals surface area contributed by atoms with Crippen LogP contribution < -0.4 is 4.74 Å². The summed E-state index contributed by atoms with van der Waals surface area (Å²) in [4.78, 5) is 12.8. The van der Waals surface area contributed by atoms with Crippen LogP contribution in [-0.2, 0) is 6.42 Å². The zero-order chi connectivity index (χ0) is 14.3. The van der Waals surface area contributed by atoms with Crippen LogP contribution in [0.15, 0.2) is 34.8 Å². The van der Waals surface area contributed by atoms with E-state index in [2.05, 4.69) is 38.5 Å². The van der Waals surface area contributed by atoms with Crippen molar-refractivity contribution in [2.75, 3.05) is 6.61 Å². The quantitative estimate of drug-likeness (QED) is 0.469. The number of carbonyl (C=O) groups excluding carboxylic acids is 1. The molecule has 0 saturated heterocycles. The summed E-state index contributed by atoms with van der Waals surface area (Å²) in [6.45, 7) is 0.603. The zero-order valence-electron chi connectivity index (χ0n) is 10.3. The maximum atomic E-state index is 12.8. The Balaban J connectivity index is 2.14. The molecule has 102 valence electrons. The molecule has 0 spiro atoms. The highest BCUT2D eigenvalue weighted by Crippen LogP contribution is 2.35. The third-order valence-electron chi connectivity index (χ3n) is 3.17. The SMILES string of the molecule is O=C(c1cc(Br)ccc1I)c1cc(Cl)cc2c1OCC2. The number of benzene rings is 2. The van der Waals surface area contributed by atoms with Crippen molar-refractivity contribution in [2.45, 2.75) is 6.42 Å². The van der Waals surface area contributed by atoms with Crippen molar-refractivity contribution >= 4 is 55.9 Å². The molecule has 2 nitrogen and oxygen atoms in total. The molecule has 0 atom stereocenters. The van der Waals surface area contributed by atoms with Crippen molar-refractivity contribution in [2.24, 2.45) is 0 Å². The number of carbonyl (C=O) groups is 1. The maximum Gasteiger partial charge on any atom is 0.197 e. The Morgan fingerprint density at radius 3 is 2.85 bits per heavy atom. The standard InChI is InChI=1S/C15H9BrClIO2/c16-9-1-2-13(18)11(6-9)14(19)12-7-10(17)5-8-3-4-20-15(8)12/h1-2,5-7H,3-4H2. The molecular weight excluding hydrogens is 454 g/mol. The van der Waals surface area contributed by atoms with Gasteiger partial charge in [-0.1, -0.05) is 27.5 Å². The summed E-state index contributed by atoms with van der Waals surface area (Å²) in [7, 11) is 0. The molecule has 0 N–H and O–H groups in total. The largest absolute Gasteiger partial charge is 0.492 e. The van der Waals surface area contributed by atoms with Crippen molar-refractivity contribution in [3.05, 3.63) is 60.1 Å². The molecular formula is C15H9BrClIO2. The molecule has 2 aromatic rings. The topological polar surface area (TPSA) is 26.3 Å². The number of hydrogen-bond acceptors (Lipinski definition) is 2. The van der Waals surface area contributed by atoms with Gasteiger partial charge in [-0.05, 0) is 58.5 Å². The minimum atomic E-state index is -0.0589. The second-order valence-corrected chi connectivity index (χ2v) is 7.01. The number of fused-ring (bicyclic) bond motifs is 1. The predicted octanol–water partition coefficient (Wildman–Crippen LogP) is 4.87. The Morgan fingerprint density at radius 1 is 1.25 bits per heavy atom. The Kier molecular flexibility index (Phi) is 4.06. The van der Waals surface area contributed by atoms with Crippen LogP contribution in [0, 0.1) is 3.57 Å². The lowest BCUT2D eigenvalue weighted by molar-refractivity contribution is 0.103. The van der Waals surface area contributed by atoms with E-state index in [4.69, 9.17) is 16.3 Å². The Hall–Kier alpha value is -0.590. The lowest BCUT2D eigenvalue weighted by Gasteiger charge is -2.10. The number of halogens is 3. The average Bonchev–Trinajstić information content (AvgIpc) is 2.87. The average molecular weight is 463 g/mol. The molecule has 0 bridgehead atoms. The normalized spacial score (nSPS) is 12.9. The van der Waals surface area contributed by atoms with E-state index in [9.17, 15) is 4.79 Å². The molecule has 0 aliphatic carbocycles. The van der Waals surface area contributed by atoms with Gasteiger partial charge in [-0.25, -0.2) is 0 Å². The van der Waals surface area contributed by atoms with Crippen LogP contribution in [0.4, 0.5) is 0 Å². The fourth-order valence-corrected chi connectivity index (χ4v) is 3.44. The van der Waals surface area contributed by atoms with Crippen molar-refractivity contribution < 1.29 is 9.53 Å². The molecule has 3 rings (SSSR count). The van der Waals surface area contributed by atoms with Crippen molar-refractivity contribution in [3.63, 3.8) is 0 Å². The van der Waals surface area contributed by atoms with Crippen LogP contribution in [0.5, 0.6) is 5.75 Å². The maximum absolute atomic E-state index is 12.8. The van der Waals surface area contributed by atoms with E-state index in [1.807, 2.05) is 24.3 Å². The van der Waals surface area contributed by atoms with Gasteiger partial charge in [0.15, 0.2) is 5.78 Å². The van der Waals surface area contributed by atoms with Crippen LogP contribution in [0.3, 0.4) is 0 Å². The molecule has 20 heavy (non-hydrogen) atoms. The van der Waals surface area contributed by atoms with Crippen LogP contribution in [0.25, 0.3) is 0 Å². The van der Waals surface area contributed by atoms with Gasteiger partial charge in [0.05, 0.1) is 12.2 Å². The summed E-state index contributed by atoms with van der Waals surface area (Å²) in [5, 5.41) is 0.572. The molecule has 1 heterocycles. The van der Waals surface area contributed by atoms with E-state index < -0.39 is 0 Å². The first-order valence-corrected chi connectivity index (χ1v) is 8.26. The summed E-state index contributed by atoms with van der Waals surface area (Å²) in [5.41, 5.74) is 2.20. The minimum Gasteiger partial charge on any atom is -0.492 e. The third-order valence-corrected chi connectivity index (χ3v) is 4.82. The molecule has 0 fully saturated rings. The Labute approximate surface area is 143 Å². The molecule has 1 aliphatic heterocycles. The molecule has 0 aromatic heterocycles. The zero-order valence-corrected chi connectivity index (χ0v) is 14.8. The summed E-state index contributed by atoms with van der Waals surface area (Å²) in [6, 6.07) is 9.20. The van der Waals surface area contributed by atoms with Crippen molar-refractivity contribution in [3.8, 4) is 5.75 Å². The molecule has 5 heteroatoms. The van der Waals surface area contributed by atoms with Crippen molar-refractivity contribution in [1.29, 1.82) is 0 Å². The number of ketones is 1. The van der Waals surface area contributed by atoms with E-state index in [0.29, 0.717) is 28.5 Å². The van der Waals surface area contributed by atoms with Gasteiger partial charge < -0.3 is 4.74 Å². The van der Waals surface area contributed by atoms with Gasteiger partial charge in [-0.15, -0.1) is 0 Å². The Morgan fingerprint density at radius 2 is 2.05 bits per heavy atom. The predicted molar refractivity (Wildman–Crippen MR) is 90.9 cm³/mol. The first kappa shape index (κ1) is 14.4. The third kappa shape index (κ3) is 2.61. The van der Waals surface area contributed by atoms with E-state index >= 15 is 0 Å². The molecule has 0 unspecified atom stereocenters. The second kappa shape index (κ2) is 5.66. The monoisotopic (exact) mass is 462 g/mol. The van der Waals surface area contributed by atoms with E-state index in [0.717, 1.165) is 20.0 Å². The van der Waals surface area contributed by atoms with Gasteiger partial charge in [-0.3, -0.25) is 4.79 Å². The van der Waals surface area contributed by atoms with E-state index in [-0.39, 0.29) is 5.78 Å². The Bertz CT molecular complexity index is 715. The molecule has 0 radical (unpaired) electrons. The van der Waals surface area contributed by atoms with Crippen LogP contribution in [0.2, 0.25) is 5.02 Å². The molecule has 0 amide bonds. The highest BCUT2D eigenvalue weighted by molar-refractivity contribution is 14.1. The first-order chi connectivity index (χ1) is 9.56.